The van der Waals surface area contributed by atoms with Crippen LogP contribution in [0.3, 0.4) is 0 Å². The van der Waals surface area contributed by atoms with Crippen molar-refractivity contribution in [3.8, 4) is 0 Å². The van der Waals surface area contributed by atoms with Gasteiger partial charge in [-0.05, 0) is 25.0 Å². The molecule has 0 saturated heterocycles. The third kappa shape index (κ3) is 6.62. The molecule has 0 radical (unpaired) electrons. The summed E-state index contributed by atoms with van der Waals surface area (Å²) in [6, 6.07) is 9.74. The first kappa shape index (κ1) is 21.4. The van der Waals surface area contributed by atoms with Gasteiger partial charge in [0, 0.05) is 25.0 Å². The van der Waals surface area contributed by atoms with Crippen LogP contribution >= 0.6 is 0 Å². The van der Waals surface area contributed by atoms with E-state index >= 15 is 0 Å². The second-order valence-corrected chi connectivity index (χ2v) is 6.12. The van der Waals surface area contributed by atoms with Crippen molar-refractivity contribution in [3.05, 3.63) is 47.7 Å². The Balaban J connectivity index is 2.07. The summed E-state index contributed by atoms with van der Waals surface area (Å²) in [5.41, 5.74) is 1.01. The molecule has 1 aromatic rings. The molecule has 1 aromatic carbocycles. The number of carboxylic acid groups (broad SMARTS) is 1. The molecule has 27 heavy (non-hydrogen) atoms. The molecule has 0 unspecified atom stereocenters. The van der Waals surface area contributed by atoms with Gasteiger partial charge in [0.2, 0.25) is 12.0 Å². The Labute approximate surface area is 159 Å². The molecular formula is C20H28O7. The first-order valence-electron chi connectivity index (χ1n) is 9.22. The minimum absolute atomic E-state index is 0.00749. The molecule has 0 amide bonds. The van der Waals surface area contributed by atoms with Crippen LogP contribution in [0.25, 0.3) is 0 Å². The minimum atomic E-state index is -1.10. The molecule has 0 bridgehead atoms. The van der Waals surface area contributed by atoms with Gasteiger partial charge in [0.1, 0.15) is 0 Å². The molecule has 7 heteroatoms. The number of hydrogen-bond donors (Lipinski definition) is 2. The van der Waals surface area contributed by atoms with Gasteiger partial charge in [-0.15, -0.1) is 0 Å². The summed E-state index contributed by atoms with van der Waals surface area (Å²) < 4.78 is 22.1. The molecule has 0 fully saturated rings. The highest BCUT2D eigenvalue weighted by Gasteiger charge is 2.37. The molecule has 1 aliphatic rings. The lowest BCUT2D eigenvalue weighted by Gasteiger charge is -2.36. The van der Waals surface area contributed by atoms with Crippen LogP contribution in [0.15, 0.2) is 42.2 Å². The van der Waals surface area contributed by atoms with Gasteiger partial charge in [-0.2, -0.15) is 0 Å². The second-order valence-electron chi connectivity index (χ2n) is 6.12. The first-order chi connectivity index (χ1) is 13.2. The Kier molecular flexibility index (Phi) is 9.27. The lowest BCUT2D eigenvalue weighted by atomic mass is 9.81. The standard InChI is InChI=1S/C20H28O7/c1-2-26-20-16(8-10-24-12-13-25-11-9-21)17(14-18(27-20)19(22)23)15-6-4-3-5-7-15/h3-7,14,16-17,20-21H,2,8-13H2,1H3,(H,22,23)/t16-,17-,20-/m0/s1. The van der Waals surface area contributed by atoms with E-state index in [-0.39, 0.29) is 24.2 Å². The van der Waals surface area contributed by atoms with Crippen LogP contribution in [0.4, 0.5) is 0 Å². The fraction of sp³-hybridized carbons (Fsp3) is 0.550. The number of hydrogen-bond acceptors (Lipinski definition) is 6. The number of allylic oxidation sites excluding steroid dienone is 1. The van der Waals surface area contributed by atoms with E-state index in [2.05, 4.69) is 0 Å². The lowest BCUT2D eigenvalue weighted by molar-refractivity contribution is -0.174. The predicted molar refractivity (Wildman–Crippen MR) is 98.2 cm³/mol. The second kappa shape index (κ2) is 11.7. The molecule has 0 aliphatic carbocycles. The van der Waals surface area contributed by atoms with Gasteiger partial charge in [0.05, 0.1) is 26.4 Å². The van der Waals surface area contributed by atoms with Crippen molar-refractivity contribution in [3.63, 3.8) is 0 Å². The topological polar surface area (TPSA) is 94.5 Å². The molecule has 1 aliphatic heterocycles. The number of rotatable bonds is 12. The third-order valence-corrected chi connectivity index (χ3v) is 4.31. The fourth-order valence-corrected chi connectivity index (χ4v) is 3.09. The Bertz CT molecular complexity index is 587. The van der Waals surface area contributed by atoms with Crippen molar-refractivity contribution in [2.24, 2.45) is 5.92 Å². The molecule has 2 rings (SSSR count). The summed E-state index contributed by atoms with van der Waals surface area (Å²) in [5.74, 6) is -1.40. The van der Waals surface area contributed by atoms with E-state index in [1.807, 2.05) is 37.3 Å². The normalized spacial score (nSPS) is 22.1. The molecule has 0 saturated carbocycles. The van der Waals surface area contributed by atoms with Gasteiger partial charge in [0.25, 0.3) is 0 Å². The molecule has 150 valence electrons. The highest BCUT2D eigenvalue weighted by atomic mass is 16.7. The lowest BCUT2D eigenvalue weighted by Crippen LogP contribution is -2.37. The maximum Gasteiger partial charge on any atom is 0.370 e. The summed E-state index contributed by atoms with van der Waals surface area (Å²) in [4.78, 5) is 11.5. The first-order valence-corrected chi connectivity index (χ1v) is 9.22. The van der Waals surface area contributed by atoms with Gasteiger partial charge in [-0.25, -0.2) is 4.79 Å². The van der Waals surface area contributed by atoms with Crippen molar-refractivity contribution < 1.29 is 34.0 Å². The smallest absolute Gasteiger partial charge is 0.370 e. The van der Waals surface area contributed by atoms with Crippen LogP contribution in [0.5, 0.6) is 0 Å². The molecule has 1 heterocycles. The number of carbonyl (C=O) groups is 1. The zero-order chi connectivity index (χ0) is 19.5. The van der Waals surface area contributed by atoms with Crippen molar-refractivity contribution in [1.29, 1.82) is 0 Å². The number of benzene rings is 1. The molecular weight excluding hydrogens is 352 g/mol. The van der Waals surface area contributed by atoms with Gasteiger partial charge >= 0.3 is 5.97 Å². The molecule has 7 nitrogen and oxygen atoms in total. The van der Waals surface area contributed by atoms with E-state index in [9.17, 15) is 9.90 Å². The van der Waals surface area contributed by atoms with Gasteiger partial charge in [-0.3, -0.25) is 0 Å². The Morgan fingerprint density at radius 1 is 1.11 bits per heavy atom. The SMILES string of the molecule is CCO[C@H]1OC(C(=O)O)=C[C@@H](c2ccccc2)[C@@H]1CCOCCOCCO. The molecule has 0 aromatic heterocycles. The Morgan fingerprint density at radius 2 is 1.81 bits per heavy atom. The highest BCUT2D eigenvalue weighted by molar-refractivity contribution is 5.84. The monoisotopic (exact) mass is 380 g/mol. The summed E-state index contributed by atoms with van der Waals surface area (Å²) in [5, 5.41) is 18.1. The zero-order valence-corrected chi connectivity index (χ0v) is 15.6. The third-order valence-electron chi connectivity index (χ3n) is 4.31. The summed E-state index contributed by atoms with van der Waals surface area (Å²) in [6.45, 7) is 3.88. The quantitative estimate of drug-likeness (QED) is 0.537. The Hall–Kier alpha value is -1.93. The van der Waals surface area contributed by atoms with Crippen LogP contribution in [-0.2, 0) is 23.7 Å². The van der Waals surface area contributed by atoms with Crippen LogP contribution < -0.4 is 0 Å². The minimum Gasteiger partial charge on any atom is -0.475 e. The number of ether oxygens (including phenoxy) is 4. The van der Waals surface area contributed by atoms with Crippen molar-refractivity contribution in [2.75, 3.05) is 39.6 Å². The van der Waals surface area contributed by atoms with Gasteiger partial charge < -0.3 is 29.2 Å². The maximum absolute atomic E-state index is 11.5. The summed E-state index contributed by atoms with van der Waals surface area (Å²) in [7, 11) is 0. The number of carboxylic acids is 1. The fourth-order valence-electron chi connectivity index (χ4n) is 3.09. The van der Waals surface area contributed by atoms with Crippen molar-refractivity contribution in [2.45, 2.75) is 25.6 Å². The predicted octanol–water partition coefficient (Wildman–Crippen LogP) is 2.16. The van der Waals surface area contributed by atoms with Gasteiger partial charge in [-0.1, -0.05) is 30.3 Å². The largest absolute Gasteiger partial charge is 0.475 e. The summed E-state index contributed by atoms with van der Waals surface area (Å²) >= 11 is 0. The van der Waals surface area contributed by atoms with Crippen LogP contribution in [0, 0.1) is 5.92 Å². The average Bonchev–Trinajstić information content (AvgIpc) is 2.68. The van der Waals surface area contributed by atoms with Crippen molar-refractivity contribution >= 4 is 5.97 Å². The van der Waals surface area contributed by atoms with E-state index in [0.717, 1.165) is 5.56 Å². The van der Waals surface area contributed by atoms with Crippen LogP contribution in [0.1, 0.15) is 24.8 Å². The van der Waals surface area contributed by atoms with Crippen molar-refractivity contribution in [1.82, 2.24) is 0 Å². The van der Waals surface area contributed by atoms with Gasteiger partial charge in [0.15, 0.2) is 0 Å². The Morgan fingerprint density at radius 3 is 2.44 bits per heavy atom. The number of aliphatic carboxylic acids is 1. The maximum atomic E-state index is 11.5. The van der Waals surface area contributed by atoms with E-state index in [0.29, 0.717) is 39.5 Å². The van der Waals surface area contributed by atoms with E-state index in [1.165, 1.54) is 0 Å². The van der Waals surface area contributed by atoms with E-state index in [4.69, 9.17) is 24.1 Å². The number of aliphatic hydroxyl groups excluding tert-OH is 1. The molecule has 0 spiro atoms. The molecule has 2 N–H and O–H groups in total. The summed E-state index contributed by atoms with van der Waals surface area (Å²) in [6.07, 6.45) is 1.65. The van der Waals surface area contributed by atoms with Crippen LogP contribution in [0.2, 0.25) is 0 Å². The molecule has 3 atom stereocenters. The van der Waals surface area contributed by atoms with E-state index < -0.39 is 12.3 Å². The number of aliphatic hydroxyl groups is 1. The van der Waals surface area contributed by atoms with E-state index in [1.54, 1.807) is 6.08 Å². The highest BCUT2D eigenvalue weighted by Crippen LogP contribution is 2.38. The average molecular weight is 380 g/mol. The van der Waals surface area contributed by atoms with Crippen LogP contribution in [-0.4, -0.2) is 62.1 Å². The zero-order valence-electron chi connectivity index (χ0n) is 15.6.